The van der Waals surface area contributed by atoms with Crippen molar-refractivity contribution in [2.75, 3.05) is 5.73 Å². The van der Waals surface area contributed by atoms with Gasteiger partial charge in [0.05, 0.1) is 17.2 Å². The van der Waals surface area contributed by atoms with Gasteiger partial charge in [-0.2, -0.15) is 0 Å². The van der Waals surface area contributed by atoms with Gasteiger partial charge in [-0.05, 0) is 18.2 Å². The van der Waals surface area contributed by atoms with Gasteiger partial charge in [0.1, 0.15) is 5.82 Å². The fourth-order valence-electron chi connectivity index (χ4n) is 1.69. The van der Waals surface area contributed by atoms with E-state index in [9.17, 15) is 4.79 Å². The lowest BCUT2D eigenvalue weighted by Gasteiger charge is -2.00. The minimum atomic E-state index is -1.14. The average Bonchev–Trinajstić information content (AvgIpc) is 2.88. The standard InChI is InChI=1S/C12H8N4O3/c13-11-5-14-8-3-6(1-2-7(8)15-11)10-4-9(12(17)18)16-19-10/h1-5H,(H2,13,15)(H,17,18). The molecule has 2 aromatic heterocycles. The van der Waals surface area contributed by atoms with Gasteiger partial charge in [0.25, 0.3) is 0 Å². The van der Waals surface area contributed by atoms with Gasteiger partial charge in [-0.25, -0.2) is 9.78 Å². The first-order valence-corrected chi connectivity index (χ1v) is 5.36. The van der Waals surface area contributed by atoms with E-state index in [1.165, 1.54) is 12.3 Å². The molecule has 0 bridgehead atoms. The zero-order valence-corrected chi connectivity index (χ0v) is 9.57. The molecule has 0 fully saturated rings. The van der Waals surface area contributed by atoms with Crippen molar-refractivity contribution in [2.45, 2.75) is 0 Å². The van der Waals surface area contributed by atoms with E-state index >= 15 is 0 Å². The van der Waals surface area contributed by atoms with Crippen molar-refractivity contribution in [3.63, 3.8) is 0 Å². The predicted molar refractivity (Wildman–Crippen MR) is 66.4 cm³/mol. The van der Waals surface area contributed by atoms with Crippen molar-refractivity contribution < 1.29 is 14.4 Å². The van der Waals surface area contributed by atoms with E-state index in [2.05, 4.69) is 15.1 Å². The molecule has 7 heteroatoms. The second-order valence-corrected chi connectivity index (χ2v) is 3.88. The number of benzene rings is 1. The van der Waals surface area contributed by atoms with Crippen LogP contribution in [0.25, 0.3) is 22.4 Å². The second-order valence-electron chi connectivity index (χ2n) is 3.88. The molecule has 0 amide bonds. The Bertz CT molecular complexity index is 781. The number of nitrogen functional groups attached to an aromatic ring is 1. The summed E-state index contributed by atoms with van der Waals surface area (Å²) in [6, 6.07) is 6.56. The van der Waals surface area contributed by atoms with Gasteiger partial charge in [-0.15, -0.1) is 0 Å². The molecule has 1 aromatic carbocycles. The van der Waals surface area contributed by atoms with E-state index < -0.39 is 5.97 Å². The maximum absolute atomic E-state index is 10.7. The first-order chi connectivity index (χ1) is 9.13. The molecule has 0 spiro atoms. The summed E-state index contributed by atoms with van der Waals surface area (Å²) in [4.78, 5) is 19.0. The maximum Gasteiger partial charge on any atom is 0.358 e. The quantitative estimate of drug-likeness (QED) is 0.714. The zero-order valence-electron chi connectivity index (χ0n) is 9.57. The molecule has 0 radical (unpaired) electrons. The van der Waals surface area contributed by atoms with E-state index in [0.29, 0.717) is 28.2 Å². The van der Waals surface area contributed by atoms with E-state index in [1.807, 2.05) is 0 Å². The third-order valence-electron chi connectivity index (χ3n) is 2.57. The first kappa shape index (κ1) is 11.1. The van der Waals surface area contributed by atoms with Crippen LogP contribution < -0.4 is 5.73 Å². The number of fused-ring (bicyclic) bond motifs is 1. The largest absolute Gasteiger partial charge is 0.476 e. The van der Waals surface area contributed by atoms with Crippen molar-refractivity contribution >= 4 is 22.8 Å². The van der Waals surface area contributed by atoms with E-state index in [-0.39, 0.29) is 5.69 Å². The van der Waals surface area contributed by atoms with E-state index in [4.69, 9.17) is 15.4 Å². The number of carboxylic acid groups (broad SMARTS) is 1. The predicted octanol–water partition coefficient (Wildman–Crippen LogP) is 1.57. The van der Waals surface area contributed by atoms with Gasteiger partial charge in [-0.3, -0.25) is 4.98 Å². The normalized spacial score (nSPS) is 10.7. The molecule has 0 aliphatic heterocycles. The number of aromatic carboxylic acids is 1. The number of carboxylic acids is 1. The summed E-state index contributed by atoms with van der Waals surface area (Å²) in [6.45, 7) is 0. The Balaban J connectivity index is 2.09. The molecule has 3 aromatic rings. The topological polar surface area (TPSA) is 115 Å². The summed E-state index contributed by atoms with van der Waals surface area (Å²) in [5.41, 5.74) is 7.37. The summed E-state index contributed by atoms with van der Waals surface area (Å²) < 4.78 is 4.98. The maximum atomic E-state index is 10.7. The molecular weight excluding hydrogens is 248 g/mol. The van der Waals surface area contributed by atoms with Gasteiger partial charge in [0.15, 0.2) is 11.5 Å². The van der Waals surface area contributed by atoms with Crippen molar-refractivity contribution in [2.24, 2.45) is 0 Å². The van der Waals surface area contributed by atoms with Crippen molar-refractivity contribution in [3.8, 4) is 11.3 Å². The second kappa shape index (κ2) is 4.05. The molecular formula is C12H8N4O3. The van der Waals surface area contributed by atoms with Crippen LogP contribution in [0, 0.1) is 0 Å². The van der Waals surface area contributed by atoms with Crippen molar-refractivity contribution in [1.29, 1.82) is 0 Å². The Morgan fingerprint density at radius 3 is 2.84 bits per heavy atom. The molecule has 0 unspecified atom stereocenters. The van der Waals surface area contributed by atoms with Crippen LogP contribution in [0.5, 0.6) is 0 Å². The van der Waals surface area contributed by atoms with Crippen LogP contribution in [0.4, 0.5) is 5.82 Å². The monoisotopic (exact) mass is 256 g/mol. The number of hydrogen-bond donors (Lipinski definition) is 2. The van der Waals surface area contributed by atoms with Gasteiger partial charge >= 0.3 is 5.97 Å². The molecule has 0 saturated heterocycles. The molecule has 2 heterocycles. The van der Waals surface area contributed by atoms with Crippen LogP contribution in [-0.4, -0.2) is 26.2 Å². The van der Waals surface area contributed by atoms with Crippen LogP contribution in [-0.2, 0) is 0 Å². The van der Waals surface area contributed by atoms with Gasteiger partial charge in [-0.1, -0.05) is 5.16 Å². The summed E-state index contributed by atoms with van der Waals surface area (Å²) in [6.07, 6.45) is 1.45. The van der Waals surface area contributed by atoms with Crippen LogP contribution in [0.3, 0.4) is 0 Å². The fraction of sp³-hybridized carbons (Fsp3) is 0. The third-order valence-corrected chi connectivity index (χ3v) is 2.57. The summed E-state index contributed by atoms with van der Waals surface area (Å²) in [7, 11) is 0. The number of rotatable bonds is 2. The lowest BCUT2D eigenvalue weighted by molar-refractivity contribution is 0.0686. The molecule has 3 N–H and O–H groups in total. The Kier molecular flexibility index (Phi) is 2.38. The number of nitrogens with two attached hydrogens (primary N) is 1. The Morgan fingerprint density at radius 1 is 1.26 bits per heavy atom. The minimum Gasteiger partial charge on any atom is -0.476 e. The van der Waals surface area contributed by atoms with Crippen molar-refractivity contribution in [3.05, 3.63) is 36.2 Å². The van der Waals surface area contributed by atoms with Gasteiger partial charge in [0.2, 0.25) is 0 Å². The molecule has 0 aliphatic carbocycles. The lowest BCUT2D eigenvalue weighted by Crippen LogP contribution is -1.94. The van der Waals surface area contributed by atoms with Gasteiger partial charge in [0, 0.05) is 11.6 Å². The minimum absolute atomic E-state index is 0.140. The number of aromatic nitrogens is 3. The van der Waals surface area contributed by atoms with Crippen molar-refractivity contribution in [1.82, 2.24) is 15.1 Å². The molecule has 0 atom stereocenters. The van der Waals surface area contributed by atoms with Gasteiger partial charge < -0.3 is 15.4 Å². The Labute approximate surface area is 106 Å². The molecule has 3 rings (SSSR count). The number of nitrogens with zero attached hydrogens (tertiary/aromatic N) is 3. The third kappa shape index (κ3) is 1.97. The fourth-order valence-corrected chi connectivity index (χ4v) is 1.69. The summed E-state index contributed by atoms with van der Waals surface area (Å²) >= 11 is 0. The number of anilines is 1. The molecule has 7 nitrogen and oxygen atoms in total. The van der Waals surface area contributed by atoms with Crippen LogP contribution in [0.1, 0.15) is 10.5 Å². The highest BCUT2D eigenvalue weighted by Gasteiger charge is 2.12. The van der Waals surface area contributed by atoms with E-state index in [1.54, 1.807) is 18.2 Å². The molecule has 19 heavy (non-hydrogen) atoms. The smallest absolute Gasteiger partial charge is 0.358 e. The van der Waals surface area contributed by atoms with Crippen LogP contribution >= 0.6 is 0 Å². The van der Waals surface area contributed by atoms with Crippen LogP contribution in [0.15, 0.2) is 35.0 Å². The number of carbonyl (C=O) groups is 1. The number of hydrogen-bond acceptors (Lipinski definition) is 6. The summed E-state index contributed by atoms with van der Waals surface area (Å²) in [5, 5.41) is 12.2. The SMILES string of the molecule is Nc1cnc2cc(-c3cc(C(=O)O)no3)ccc2n1. The highest BCUT2D eigenvalue weighted by atomic mass is 16.5. The molecule has 94 valence electrons. The molecule has 0 saturated carbocycles. The molecule has 0 aliphatic rings. The lowest BCUT2D eigenvalue weighted by atomic mass is 10.1. The van der Waals surface area contributed by atoms with E-state index in [0.717, 1.165) is 0 Å². The highest BCUT2D eigenvalue weighted by Crippen LogP contribution is 2.23. The zero-order chi connectivity index (χ0) is 13.4. The van der Waals surface area contributed by atoms with Crippen LogP contribution in [0.2, 0.25) is 0 Å². The highest BCUT2D eigenvalue weighted by molar-refractivity contribution is 5.87. The Hall–Kier alpha value is -2.96. The average molecular weight is 256 g/mol. The summed E-state index contributed by atoms with van der Waals surface area (Å²) in [5.74, 6) is -0.436. The first-order valence-electron chi connectivity index (χ1n) is 5.36. The Morgan fingerprint density at radius 2 is 2.11 bits per heavy atom.